The van der Waals surface area contributed by atoms with Gasteiger partial charge in [-0.1, -0.05) is 23.7 Å². The van der Waals surface area contributed by atoms with Crippen LogP contribution in [0, 0.1) is 12.7 Å². The molecule has 0 atom stereocenters. The third-order valence-electron chi connectivity index (χ3n) is 5.55. The van der Waals surface area contributed by atoms with Crippen molar-refractivity contribution in [3.8, 4) is 0 Å². The number of carboxylic acid groups (broad SMARTS) is 1. The van der Waals surface area contributed by atoms with Gasteiger partial charge in [-0.15, -0.1) is 0 Å². The first-order valence-electron chi connectivity index (χ1n) is 9.66. The summed E-state index contributed by atoms with van der Waals surface area (Å²) in [5.74, 6) is -1.83. The zero-order valence-corrected chi connectivity index (χ0v) is 17.2. The molecule has 0 radical (unpaired) electrons. The molecule has 0 saturated carbocycles. The molecular weight excluding hydrogens is 409 g/mol. The van der Waals surface area contributed by atoms with Crippen molar-refractivity contribution < 1.29 is 19.1 Å². The molecule has 156 valence electrons. The van der Waals surface area contributed by atoms with Gasteiger partial charge >= 0.3 is 5.97 Å². The number of aromatic amines is 1. The number of hydrogen-bond donors (Lipinski definition) is 2. The van der Waals surface area contributed by atoms with Crippen molar-refractivity contribution in [3.63, 3.8) is 0 Å². The fourth-order valence-corrected chi connectivity index (χ4v) is 4.39. The van der Waals surface area contributed by atoms with Crippen molar-refractivity contribution in [1.82, 2.24) is 9.88 Å². The van der Waals surface area contributed by atoms with Gasteiger partial charge in [0.25, 0.3) is 0 Å². The van der Waals surface area contributed by atoms with Crippen molar-refractivity contribution >= 4 is 40.1 Å². The van der Waals surface area contributed by atoms with E-state index in [2.05, 4.69) is 9.88 Å². The van der Waals surface area contributed by atoms with Crippen LogP contribution in [0.5, 0.6) is 0 Å². The van der Waals surface area contributed by atoms with E-state index in [1.807, 2.05) is 25.1 Å². The number of aryl methyl sites for hydroxylation is 1. The molecule has 4 rings (SSSR count). The van der Waals surface area contributed by atoms with Gasteiger partial charge in [0.15, 0.2) is 0 Å². The molecule has 0 aliphatic carbocycles. The number of halogens is 2. The highest BCUT2D eigenvalue weighted by atomic mass is 35.5. The molecule has 2 N–H and O–H groups in total. The van der Waals surface area contributed by atoms with E-state index in [4.69, 9.17) is 11.6 Å². The molecule has 3 aromatic rings. The summed E-state index contributed by atoms with van der Waals surface area (Å²) in [6.45, 7) is 4.27. The fraction of sp³-hybridized carbons (Fsp3) is 0.273. The Bertz CT molecular complexity index is 1120. The number of para-hydroxylation sites is 1. The molecule has 1 aromatic heterocycles. The summed E-state index contributed by atoms with van der Waals surface area (Å²) in [5.41, 5.74) is 2.79. The van der Waals surface area contributed by atoms with E-state index in [0.29, 0.717) is 47.7 Å². The molecule has 0 spiro atoms. The highest BCUT2D eigenvalue weighted by molar-refractivity contribution is 6.33. The minimum Gasteiger partial charge on any atom is -0.477 e. The molecular formula is C22H21ClFN3O3. The smallest absolute Gasteiger partial charge is 0.352 e. The number of nitrogens with zero attached hydrogens (tertiary/aromatic N) is 2. The Kier molecular flexibility index (Phi) is 5.39. The van der Waals surface area contributed by atoms with Crippen LogP contribution in [0.4, 0.5) is 10.1 Å². The number of carboxylic acids is 1. The summed E-state index contributed by atoms with van der Waals surface area (Å²) < 4.78 is 13.7. The van der Waals surface area contributed by atoms with Crippen LogP contribution in [0.3, 0.4) is 0 Å². The predicted octanol–water partition coefficient (Wildman–Crippen LogP) is 3.86. The lowest BCUT2D eigenvalue weighted by Crippen LogP contribution is -2.49. The summed E-state index contributed by atoms with van der Waals surface area (Å²) >= 11 is 6.36. The molecule has 1 amide bonds. The second kappa shape index (κ2) is 7.99. The van der Waals surface area contributed by atoms with Crippen LogP contribution in [-0.4, -0.2) is 53.0 Å². The van der Waals surface area contributed by atoms with E-state index in [-0.39, 0.29) is 18.0 Å². The molecule has 1 fully saturated rings. The Morgan fingerprint density at radius 3 is 2.57 bits per heavy atom. The molecule has 1 aliphatic rings. The van der Waals surface area contributed by atoms with Crippen LogP contribution < -0.4 is 4.90 Å². The van der Waals surface area contributed by atoms with Gasteiger partial charge in [-0.25, -0.2) is 9.18 Å². The van der Waals surface area contributed by atoms with E-state index >= 15 is 0 Å². The predicted molar refractivity (Wildman–Crippen MR) is 114 cm³/mol. The lowest BCUT2D eigenvalue weighted by atomic mass is 10.1. The molecule has 0 bridgehead atoms. The first kappa shape index (κ1) is 20.2. The van der Waals surface area contributed by atoms with Crippen molar-refractivity contribution in [2.24, 2.45) is 0 Å². The average molecular weight is 430 g/mol. The lowest BCUT2D eigenvalue weighted by molar-refractivity contribution is -0.130. The number of fused-ring (bicyclic) bond motifs is 1. The molecule has 8 heteroatoms. The second-order valence-electron chi connectivity index (χ2n) is 7.42. The Morgan fingerprint density at radius 1 is 1.17 bits per heavy atom. The van der Waals surface area contributed by atoms with Crippen LogP contribution in [0.2, 0.25) is 5.02 Å². The average Bonchev–Trinajstić information content (AvgIpc) is 3.06. The molecule has 2 aromatic carbocycles. The van der Waals surface area contributed by atoms with Gasteiger partial charge < -0.3 is 19.9 Å². The maximum Gasteiger partial charge on any atom is 0.352 e. The van der Waals surface area contributed by atoms with Crippen molar-refractivity contribution in [2.45, 2.75) is 13.3 Å². The normalized spacial score (nSPS) is 14.4. The zero-order chi connectivity index (χ0) is 21.4. The van der Waals surface area contributed by atoms with Gasteiger partial charge in [0.1, 0.15) is 11.5 Å². The number of anilines is 1. The van der Waals surface area contributed by atoms with E-state index < -0.39 is 11.8 Å². The SMILES string of the molecule is Cc1cccc(Cl)c1N1CCN(C(=O)Cc2c(C(=O)O)[nH]c3ccc(F)cc23)CC1. The number of carbonyl (C=O) groups is 2. The highest BCUT2D eigenvalue weighted by Gasteiger charge is 2.26. The van der Waals surface area contributed by atoms with Gasteiger partial charge in [-0.3, -0.25) is 4.79 Å². The Morgan fingerprint density at radius 2 is 1.90 bits per heavy atom. The minimum absolute atomic E-state index is 0.0747. The van der Waals surface area contributed by atoms with Gasteiger partial charge in [0.2, 0.25) is 5.91 Å². The number of piperazine rings is 1. The van der Waals surface area contributed by atoms with Crippen molar-refractivity contribution in [3.05, 3.63) is 64.1 Å². The van der Waals surface area contributed by atoms with Gasteiger partial charge in [-0.05, 0) is 36.8 Å². The lowest BCUT2D eigenvalue weighted by Gasteiger charge is -2.37. The van der Waals surface area contributed by atoms with Gasteiger partial charge in [0.05, 0.1) is 17.1 Å². The highest BCUT2D eigenvalue weighted by Crippen LogP contribution is 2.30. The van der Waals surface area contributed by atoms with Crippen LogP contribution >= 0.6 is 11.6 Å². The Labute approximate surface area is 177 Å². The number of nitrogens with one attached hydrogen (secondary N) is 1. The fourth-order valence-electron chi connectivity index (χ4n) is 4.05. The summed E-state index contributed by atoms with van der Waals surface area (Å²) in [4.78, 5) is 31.2. The van der Waals surface area contributed by atoms with E-state index in [0.717, 1.165) is 11.3 Å². The molecule has 30 heavy (non-hydrogen) atoms. The van der Waals surface area contributed by atoms with Crippen LogP contribution in [0.1, 0.15) is 21.6 Å². The molecule has 6 nitrogen and oxygen atoms in total. The maximum absolute atomic E-state index is 13.7. The Hall–Kier alpha value is -3.06. The van der Waals surface area contributed by atoms with Crippen LogP contribution in [-0.2, 0) is 11.2 Å². The summed E-state index contributed by atoms with van der Waals surface area (Å²) in [6.07, 6.45) is -0.101. The largest absolute Gasteiger partial charge is 0.477 e. The van der Waals surface area contributed by atoms with Gasteiger partial charge in [-0.2, -0.15) is 0 Å². The van der Waals surface area contributed by atoms with Crippen molar-refractivity contribution in [1.29, 1.82) is 0 Å². The molecule has 1 aliphatic heterocycles. The zero-order valence-electron chi connectivity index (χ0n) is 16.4. The van der Waals surface area contributed by atoms with Crippen LogP contribution in [0.15, 0.2) is 36.4 Å². The first-order chi connectivity index (χ1) is 14.3. The molecule has 1 saturated heterocycles. The summed E-state index contributed by atoms with van der Waals surface area (Å²) in [7, 11) is 0. The molecule has 0 unspecified atom stereocenters. The monoisotopic (exact) mass is 429 g/mol. The minimum atomic E-state index is -1.17. The number of hydrogen-bond acceptors (Lipinski definition) is 3. The van der Waals surface area contributed by atoms with E-state index in [9.17, 15) is 19.1 Å². The Balaban J connectivity index is 1.51. The summed E-state index contributed by atoms with van der Waals surface area (Å²) in [5, 5.41) is 10.6. The second-order valence-corrected chi connectivity index (χ2v) is 7.83. The number of benzene rings is 2. The standard InChI is InChI=1S/C22H21ClFN3O3/c1-13-3-2-4-17(23)21(13)27-9-7-26(8-10-27)19(28)12-16-15-11-14(24)5-6-18(15)25-20(16)22(29)30/h2-6,11,25H,7-10,12H2,1H3,(H,29,30). The molecule has 2 heterocycles. The third-order valence-corrected chi connectivity index (χ3v) is 5.85. The van der Waals surface area contributed by atoms with Gasteiger partial charge in [0, 0.05) is 42.6 Å². The number of H-pyrrole nitrogens is 1. The maximum atomic E-state index is 13.7. The van der Waals surface area contributed by atoms with E-state index in [1.54, 1.807) is 4.90 Å². The van der Waals surface area contributed by atoms with Crippen molar-refractivity contribution in [2.75, 3.05) is 31.1 Å². The first-order valence-corrected chi connectivity index (χ1v) is 10.0. The summed E-state index contributed by atoms with van der Waals surface area (Å²) in [6, 6.07) is 9.76. The number of carbonyl (C=O) groups excluding carboxylic acids is 1. The number of aromatic carboxylic acids is 1. The third kappa shape index (κ3) is 3.73. The number of amides is 1. The number of rotatable bonds is 4. The topological polar surface area (TPSA) is 76.6 Å². The quantitative estimate of drug-likeness (QED) is 0.660. The number of aromatic nitrogens is 1. The van der Waals surface area contributed by atoms with E-state index in [1.165, 1.54) is 18.2 Å². The van der Waals surface area contributed by atoms with Crippen LogP contribution in [0.25, 0.3) is 10.9 Å².